The van der Waals surface area contributed by atoms with Crippen LogP contribution in [-0.2, 0) is 15.9 Å². The van der Waals surface area contributed by atoms with Crippen LogP contribution >= 0.6 is 11.3 Å². The summed E-state index contributed by atoms with van der Waals surface area (Å²) < 4.78 is 44.0. The Morgan fingerprint density at radius 2 is 1.90 bits per heavy atom. The van der Waals surface area contributed by atoms with Crippen molar-refractivity contribution in [2.24, 2.45) is 0 Å². The number of thiophene rings is 1. The fourth-order valence-corrected chi connectivity index (χ4v) is 6.48. The molecule has 1 aromatic carbocycles. The molecule has 5 rings (SSSR count). The van der Waals surface area contributed by atoms with E-state index < -0.39 is 34.7 Å². The molecule has 7 nitrogen and oxygen atoms in total. The molecule has 3 aromatic rings. The van der Waals surface area contributed by atoms with Gasteiger partial charge in [0.05, 0.1) is 29.1 Å². The molecule has 0 saturated heterocycles. The highest BCUT2D eigenvalue weighted by molar-refractivity contribution is 7.15. The number of carbonyl (C=O) groups excluding carboxylic acids is 2. The molecule has 1 atom stereocenters. The Balaban J connectivity index is 1.62. The van der Waals surface area contributed by atoms with E-state index in [9.17, 15) is 14.4 Å². The fourth-order valence-electron chi connectivity index (χ4n) is 5.18. The van der Waals surface area contributed by atoms with Crippen molar-refractivity contribution >= 4 is 34.3 Å². The molecule has 1 amide bonds. The number of hydrogen-bond acceptors (Lipinski definition) is 6. The Kier molecular flexibility index (Phi) is 7.03. The van der Waals surface area contributed by atoms with Crippen molar-refractivity contribution < 1.29 is 27.8 Å². The van der Waals surface area contributed by atoms with E-state index in [1.54, 1.807) is 50.3 Å². The molecule has 10 heteroatoms. The Hall–Kier alpha value is -3.27. The van der Waals surface area contributed by atoms with Crippen LogP contribution < -0.4 is 5.43 Å². The van der Waals surface area contributed by atoms with Crippen LogP contribution in [0, 0.1) is 11.6 Å². The molecule has 1 fully saturated rings. The molecule has 0 spiro atoms. The number of halogens is 2. The third-order valence-corrected chi connectivity index (χ3v) is 8.35. The minimum Gasteiger partial charge on any atom is -0.462 e. The number of carbonyl (C=O) groups is 2. The van der Waals surface area contributed by atoms with Crippen LogP contribution in [-0.4, -0.2) is 40.8 Å². The van der Waals surface area contributed by atoms with Crippen LogP contribution in [0.15, 0.2) is 23.1 Å². The summed E-state index contributed by atoms with van der Waals surface area (Å²) in [5.41, 5.74) is -1.01. The van der Waals surface area contributed by atoms with E-state index in [-0.39, 0.29) is 40.7 Å². The number of benzene rings is 1. The summed E-state index contributed by atoms with van der Waals surface area (Å²) in [4.78, 5) is 41.3. The number of aryl methyl sites for hydroxylation is 1. The number of esters is 1. The first-order valence-electron chi connectivity index (χ1n) is 13.2. The van der Waals surface area contributed by atoms with Crippen LogP contribution in [0.2, 0.25) is 0 Å². The Morgan fingerprint density at radius 3 is 2.54 bits per heavy atom. The lowest BCUT2D eigenvalue weighted by Crippen LogP contribution is -2.37. The predicted molar refractivity (Wildman–Crippen MR) is 145 cm³/mol. The summed E-state index contributed by atoms with van der Waals surface area (Å²) in [6.45, 7) is 7.11. The number of rotatable bonds is 5. The van der Waals surface area contributed by atoms with Gasteiger partial charge < -0.3 is 18.9 Å². The van der Waals surface area contributed by atoms with Gasteiger partial charge in [-0.1, -0.05) is 0 Å². The lowest BCUT2D eigenvalue weighted by molar-refractivity contribution is 0.0205. The van der Waals surface area contributed by atoms with Gasteiger partial charge in [0.15, 0.2) is 5.82 Å². The average molecular weight is 559 g/mol. The highest BCUT2D eigenvalue weighted by atomic mass is 32.1. The van der Waals surface area contributed by atoms with Crippen molar-refractivity contribution in [2.75, 3.05) is 13.7 Å². The number of nitrogens with zero attached hydrogens (tertiary/aromatic N) is 2. The summed E-state index contributed by atoms with van der Waals surface area (Å²) >= 11 is 1.30. The maximum absolute atomic E-state index is 16.3. The van der Waals surface area contributed by atoms with E-state index in [2.05, 4.69) is 0 Å². The predicted octanol–water partition coefficient (Wildman–Crippen LogP) is 6.76. The molecule has 1 saturated carbocycles. The van der Waals surface area contributed by atoms with Gasteiger partial charge in [0.2, 0.25) is 5.43 Å². The van der Waals surface area contributed by atoms with Crippen LogP contribution in [0.25, 0.3) is 21.3 Å². The second-order valence-corrected chi connectivity index (χ2v) is 12.3. The second-order valence-electron chi connectivity index (χ2n) is 11.2. The van der Waals surface area contributed by atoms with Crippen LogP contribution in [0.3, 0.4) is 0 Å². The molecule has 39 heavy (non-hydrogen) atoms. The second kappa shape index (κ2) is 10.0. The topological polar surface area (TPSA) is 77.8 Å². The highest BCUT2D eigenvalue weighted by Crippen LogP contribution is 2.45. The van der Waals surface area contributed by atoms with E-state index in [0.717, 1.165) is 42.2 Å². The van der Waals surface area contributed by atoms with E-state index in [4.69, 9.17) is 9.47 Å². The monoisotopic (exact) mass is 558 g/mol. The molecule has 0 radical (unpaired) electrons. The lowest BCUT2D eigenvalue weighted by atomic mass is 9.92. The van der Waals surface area contributed by atoms with Gasteiger partial charge in [0.25, 0.3) is 0 Å². The Bertz CT molecular complexity index is 1530. The molecule has 2 heterocycles. The number of amides is 1. The first kappa shape index (κ1) is 27.3. The van der Waals surface area contributed by atoms with Crippen molar-refractivity contribution in [3.63, 3.8) is 0 Å². The quantitative estimate of drug-likeness (QED) is 0.323. The van der Waals surface area contributed by atoms with Crippen LogP contribution in [0.5, 0.6) is 0 Å². The Morgan fingerprint density at radius 1 is 1.18 bits per heavy atom. The molecular weight excluding hydrogens is 526 g/mol. The number of fused-ring (bicyclic) bond motifs is 2. The zero-order valence-corrected chi connectivity index (χ0v) is 23.5. The molecule has 0 aliphatic heterocycles. The standard InChI is InChI=1S/C29H32F2N2O5S/c1-6-37-27(35)18-14-33(15-10-11-15)25-17(26(18)34)12-19(30)23(24(25)31)22-13-16-20(8-7-9-21(16)39-22)32(5)28(36)38-29(2,3)4/h12-15,20H,6-11H2,1-5H3. The van der Waals surface area contributed by atoms with E-state index in [1.807, 2.05) is 0 Å². The third kappa shape index (κ3) is 5.06. The van der Waals surface area contributed by atoms with Gasteiger partial charge in [0, 0.05) is 29.0 Å². The smallest absolute Gasteiger partial charge is 0.410 e. The fraction of sp³-hybridized carbons (Fsp3) is 0.483. The molecule has 2 aromatic heterocycles. The van der Waals surface area contributed by atoms with Gasteiger partial charge in [-0.15, -0.1) is 11.3 Å². The maximum Gasteiger partial charge on any atom is 0.410 e. The number of pyridine rings is 1. The molecular formula is C29H32F2N2O5S. The zero-order valence-electron chi connectivity index (χ0n) is 22.7. The van der Waals surface area contributed by atoms with Gasteiger partial charge in [-0.05, 0) is 77.5 Å². The normalized spacial score (nSPS) is 17.2. The number of aromatic nitrogens is 1. The van der Waals surface area contributed by atoms with Crippen molar-refractivity contribution in [1.29, 1.82) is 0 Å². The highest BCUT2D eigenvalue weighted by Gasteiger charge is 2.34. The molecule has 0 N–H and O–H groups in total. The van der Waals surface area contributed by atoms with E-state index in [0.29, 0.717) is 11.3 Å². The number of hydrogen-bond donors (Lipinski definition) is 0. The first-order valence-corrected chi connectivity index (χ1v) is 14.1. The van der Waals surface area contributed by atoms with E-state index in [1.165, 1.54) is 17.5 Å². The number of ether oxygens (including phenoxy) is 2. The third-order valence-electron chi connectivity index (χ3n) is 7.12. The molecule has 2 aliphatic carbocycles. The van der Waals surface area contributed by atoms with Gasteiger partial charge in [-0.25, -0.2) is 18.4 Å². The minimum atomic E-state index is -0.879. The first-order chi connectivity index (χ1) is 18.4. The van der Waals surface area contributed by atoms with Crippen LogP contribution in [0.4, 0.5) is 13.6 Å². The van der Waals surface area contributed by atoms with E-state index >= 15 is 8.78 Å². The minimum absolute atomic E-state index is 0.0132. The average Bonchev–Trinajstić information content (AvgIpc) is 3.61. The van der Waals surface area contributed by atoms with Gasteiger partial charge in [0.1, 0.15) is 17.0 Å². The summed E-state index contributed by atoms with van der Waals surface area (Å²) in [6, 6.07) is 2.42. The molecule has 2 aliphatic rings. The Labute approximate surface area is 229 Å². The lowest BCUT2D eigenvalue weighted by Gasteiger charge is -2.33. The van der Waals surface area contributed by atoms with Gasteiger partial charge in [-0.2, -0.15) is 0 Å². The SMILES string of the molecule is CCOC(=O)c1cn(C2CC2)c2c(F)c(-c3cc4c(s3)CCCC4N(C)C(=O)OC(C)(C)C)c(F)cc2c1=O. The summed E-state index contributed by atoms with van der Waals surface area (Å²) in [7, 11) is 1.68. The van der Waals surface area contributed by atoms with Crippen LogP contribution in [0.1, 0.15) is 86.3 Å². The molecule has 1 unspecified atom stereocenters. The van der Waals surface area contributed by atoms with Crippen molar-refractivity contribution in [3.8, 4) is 10.4 Å². The summed E-state index contributed by atoms with van der Waals surface area (Å²) in [5.74, 6) is -2.52. The maximum atomic E-state index is 16.3. The largest absolute Gasteiger partial charge is 0.462 e. The molecule has 0 bridgehead atoms. The van der Waals surface area contributed by atoms with Gasteiger partial charge in [-0.3, -0.25) is 4.79 Å². The van der Waals surface area contributed by atoms with Crippen molar-refractivity contribution in [3.05, 3.63) is 56.2 Å². The van der Waals surface area contributed by atoms with Crippen molar-refractivity contribution in [2.45, 2.75) is 77.5 Å². The molecule has 208 valence electrons. The van der Waals surface area contributed by atoms with Gasteiger partial charge >= 0.3 is 12.1 Å². The van der Waals surface area contributed by atoms with Crippen molar-refractivity contribution in [1.82, 2.24) is 9.47 Å². The zero-order chi connectivity index (χ0) is 28.2. The summed E-state index contributed by atoms with van der Waals surface area (Å²) in [6.07, 6.45) is 4.69. The summed E-state index contributed by atoms with van der Waals surface area (Å²) in [5, 5.41) is -0.185.